The van der Waals surface area contributed by atoms with Crippen molar-refractivity contribution in [3.8, 4) is 27.8 Å². The molecule has 158 valence electrons. The number of rotatable bonds is 5. The van der Waals surface area contributed by atoms with Gasteiger partial charge < -0.3 is 5.11 Å². The maximum absolute atomic E-state index is 11.6. The zero-order valence-electron chi connectivity index (χ0n) is 17.5. The van der Waals surface area contributed by atoms with Gasteiger partial charge in [-0.25, -0.2) is 4.98 Å². The minimum absolute atomic E-state index is 0.466. The first-order chi connectivity index (χ1) is 15.7. The molecule has 0 spiro atoms. The fourth-order valence-electron chi connectivity index (χ4n) is 4.37. The van der Waals surface area contributed by atoms with Gasteiger partial charge in [-0.1, -0.05) is 60.7 Å². The molecule has 5 rings (SSSR count). The Labute approximate surface area is 196 Å². The van der Waals surface area contributed by atoms with Crippen molar-refractivity contribution < 1.29 is 5.11 Å². The topological polar surface area (TPSA) is 56.9 Å². The fourth-order valence-corrected chi connectivity index (χ4v) is 6.19. The molecule has 0 saturated heterocycles. The smallest absolute Gasteiger partial charge is 0.115 e. The first-order valence-electron chi connectivity index (χ1n) is 10.7. The van der Waals surface area contributed by atoms with Crippen LogP contribution in [0.15, 0.2) is 83.2 Å². The number of hydrogen-bond donors (Lipinski definition) is 1. The van der Waals surface area contributed by atoms with Crippen LogP contribution in [0.5, 0.6) is 0 Å². The third-order valence-corrected chi connectivity index (χ3v) is 8.04. The summed E-state index contributed by atoms with van der Waals surface area (Å²) in [5.74, 6) is 0.466. The first-order valence-corrected chi connectivity index (χ1v) is 12.5. The van der Waals surface area contributed by atoms with Crippen LogP contribution >= 0.6 is 23.1 Å². The van der Waals surface area contributed by atoms with E-state index in [0.29, 0.717) is 16.3 Å². The standard InChI is InChI=1S/C27H22N2OS2/c28-17-22-21(19-8-2-1-3-9-19)16-24(25-13-7-15-31-25)29-26(22)32-18-27(30)14-6-11-20-10-4-5-12-23(20)27/h1-5,7-10,12-13,15-16,30H,6,11,14,18H2. The van der Waals surface area contributed by atoms with Crippen molar-refractivity contribution in [2.45, 2.75) is 29.9 Å². The molecular weight excluding hydrogens is 432 g/mol. The second-order valence-electron chi connectivity index (χ2n) is 8.02. The molecule has 1 aliphatic carbocycles. The molecule has 2 aromatic heterocycles. The molecular formula is C27H22N2OS2. The summed E-state index contributed by atoms with van der Waals surface area (Å²) in [7, 11) is 0. The number of aromatic nitrogens is 1. The van der Waals surface area contributed by atoms with E-state index in [-0.39, 0.29) is 0 Å². The molecule has 1 unspecified atom stereocenters. The minimum atomic E-state index is -0.917. The number of nitrogens with zero attached hydrogens (tertiary/aromatic N) is 2. The van der Waals surface area contributed by atoms with Gasteiger partial charge in [-0.3, -0.25) is 0 Å². The average molecular weight is 455 g/mol. The van der Waals surface area contributed by atoms with Crippen LogP contribution in [0.1, 0.15) is 29.5 Å². The summed E-state index contributed by atoms with van der Waals surface area (Å²) in [6.45, 7) is 0. The zero-order valence-corrected chi connectivity index (χ0v) is 19.1. The zero-order chi connectivity index (χ0) is 22.0. The van der Waals surface area contributed by atoms with Gasteiger partial charge in [-0.05, 0) is 53.5 Å². The Morgan fingerprint density at radius 1 is 1.06 bits per heavy atom. The van der Waals surface area contributed by atoms with E-state index in [9.17, 15) is 10.4 Å². The predicted octanol–water partition coefficient (Wildman–Crippen LogP) is 6.66. The van der Waals surface area contributed by atoms with E-state index in [1.165, 1.54) is 17.3 Å². The molecule has 2 aromatic carbocycles. The summed E-state index contributed by atoms with van der Waals surface area (Å²) in [5, 5.41) is 24.3. The highest BCUT2D eigenvalue weighted by atomic mass is 32.2. The van der Waals surface area contributed by atoms with Gasteiger partial charge in [0.15, 0.2) is 0 Å². The van der Waals surface area contributed by atoms with Crippen molar-refractivity contribution in [2.24, 2.45) is 0 Å². The van der Waals surface area contributed by atoms with Crippen molar-refractivity contribution in [1.29, 1.82) is 5.26 Å². The van der Waals surface area contributed by atoms with E-state index in [1.807, 2.05) is 72.1 Å². The van der Waals surface area contributed by atoms with E-state index in [2.05, 4.69) is 12.1 Å². The van der Waals surface area contributed by atoms with Crippen molar-refractivity contribution in [2.75, 3.05) is 5.75 Å². The Bertz CT molecular complexity index is 1280. The lowest BCUT2D eigenvalue weighted by Crippen LogP contribution is -2.33. The van der Waals surface area contributed by atoms with E-state index >= 15 is 0 Å². The van der Waals surface area contributed by atoms with Crippen molar-refractivity contribution in [3.05, 3.63) is 94.9 Å². The van der Waals surface area contributed by atoms with Gasteiger partial charge in [0.2, 0.25) is 0 Å². The van der Waals surface area contributed by atoms with Gasteiger partial charge >= 0.3 is 0 Å². The molecule has 0 bridgehead atoms. The summed E-state index contributed by atoms with van der Waals surface area (Å²) in [6, 6.07) is 26.6. The Balaban J connectivity index is 1.57. The number of aryl methyl sites for hydroxylation is 1. The third kappa shape index (κ3) is 3.98. The van der Waals surface area contributed by atoms with Crippen molar-refractivity contribution >= 4 is 23.1 Å². The van der Waals surface area contributed by atoms with E-state index < -0.39 is 5.60 Å². The van der Waals surface area contributed by atoms with Crippen molar-refractivity contribution in [1.82, 2.24) is 4.98 Å². The van der Waals surface area contributed by atoms with Gasteiger partial charge in [0.25, 0.3) is 0 Å². The normalized spacial score (nSPS) is 17.5. The lowest BCUT2D eigenvalue weighted by atomic mass is 9.80. The van der Waals surface area contributed by atoms with Gasteiger partial charge in [-0.15, -0.1) is 23.1 Å². The summed E-state index contributed by atoms with van der Waals surface area (Å²) in [5.41, 5.74) is 4.60. The summed E-state index contributed by atoms with van der Waals surface area (Å²) in [6.07, 6.45) is 2.67. The van der Waals surface area contributed by atoms with Crippen LogP contribution in [0, 0.1) is 11.3 Å². The highest BCUT2D eigenvalue weighted by Crippen LogP contribution is 2.41. The van der Waals surface area contributed by atoms with Crippen LogP contribution in [0.25, 0.3) is 21.7 Å². The van der Waals surface area contributed by atoms with Gasteiger partial charge in [0.1, 0.15) is 11.1 Å². The third-order valence-electron chi connectivity index (χ3n) is 5.96. The van der Waals surface area contributed by atoms with Crippen LogP contribution in [0.4, 0.5) is 0 Å². The first kappa shape index (κ1) is 21.0. The SMILES string of the molecule is N#Cc1c(-c2ccccc2)cc(-c2cccs2)nc1SCC1(O)CCCc2ccccc21. The molecule has 0 radical (unpaired) electrons. The molecule has 0 aliphatic heterocycles. The molecule has 1 atom stereocenters. The maximum atomic E-state index is 11.6. The number of thiophene rings is 1. The van der Waals surface area contributed by atoms with E-state index in [4.69, 9.17) is 4.98 Å². The van der Waals surface area contributed by atoms with Crippen LogP contribution in [-0.4, -0.2) is 15.8 Å². The number of thioether (sulfide) groups is 1. The number of fused-ring (bicyclic) bond motifs is 1. The lowest BCUT2D eigenvalue weighted by molar-refractivity contribution is 0.0438. The van der Waals surface area contributed by atoms with Gasteiger partial charge in [-0.2, -0.15) is 5.26 Å². The van der Waals surface area contributed by atoms with Crippen LogP contribution in [0.2, 0.25) is 0 Å². The van der Waals surface area contributed by atoms with Crippen LogP contribution in [0.3, 0.4) is 0 Å². The Hall–Kier alpha value is -2.91. The molecule has 5 heteroatoms. The number of pyridine rings is 1. The van der Waals surface area contributed by atoms with Gasteiger partial charge in [0, 0.05) is 11.3 Å². The van der Waals surface area contributed by atoms with Crippen LogP contribution in [-0.2, 0) is 12.0 Å². The number of benzene rings is 2. The second kappa shape index (κ2) is 8.91. The minimum Gasteiger partial charge on any atom is -0.384 e. The second-order valence-corrected chi connectivity index (χ2v) is 9.93. The molecule has 1 N–H and O–H groups in total. The Kier molecular flexibility index (Phi) is 5.84. The number of aliphatic hydroxyl groups is 1. The molecule has 0 amide bonds. The molecule has 0 fully saturated rings. The largest absolute Gasteiger partial charge is 0.384 e. The number of hydrogen-bond acceptors (Lipinski definition) is 5. The fraction of sp³-hybridized carbons (Fsp3) is 0.185. The maximum Gasteiger partial charge on any atom is 0.115 e. The van der Waals surface area contributed by atoms with Crippen LogP contribution < -0.4 is 0 Å². The molecule has 32 heavy (non-hydrogen) atoms. The summed E-state index contributed by atoms with van der Waals surface area (Å²) in [4.78, 5) is 5.95. The highest BCUT2D eigenvalue weighted by molar-refractivity contribution is 7.99. The molecule has 1 aliphatic rings. The van der Waals surface area contributed by atoms with E-state index in [1.54, 1.807) is 11.3 Å². The summed E-state index contributed by atoms with van der Waals surface area (Å²) >= 11 is 3.12. The lowest BCUT2D eigenvalue weighted by Gasteiger charge is -2.34. The quantitative estimate of drug-likeness (QED) is 0.342. The average Bonchev–Trinajstić information content (AvgIpc) is 3.38. The Morgan fingerprint density at radius 3 is 2.66 bits per heavy atom. The summed E-state index contributed by atoms with van der Waals surface area (Å²) < 4.78 is 0. The molecule has 4 aromatic rings. The molecule has 2 heterocycles. The highest BCUT2D eigenvalue weighted by Gasteiger charge is 2.34. The molecule has 3 nitrogen and oxygen atoms in total. The van der Waals surface area contributed by atoms with Crippen molar-refractivity contribution in [3.63, 3.8) is 0 Å². The number of nitriles is 1. The monoisotopic (exact) mass is 454 g/mol. The predicted molar refractivity (Wildman–Crippen MR) is 132 cm³/mol. The van der Waals surface area contributed by atoms with E-state index in [0.717, 1.165) is 46.5 Å². The van der Waals surface area contributed by atoms with Gasteiger partial charge in [0.05, 0.1) is 21.7 Å². The Morgan fingerprint density at radius 2 is 1.88 bits per heavy atom. The molecule has 0 saturated carbocycles.